The van der Waals surface area contributed by atoms with Crippen LogP contribution in [0.1, 0.15) is 44.0 Å². The van der Waals surface area contributed by atoms with E-state index in [0.29, 0.717) is 23.8 Å². The van der Waals surface area contributed by atoms with Gasteiger partial charge in [0, 0.05) is 18.2 Å². The highest BCUT2D eigenvalue weighted by Crippen LogP contribution is 2.19. The maximum absolute atomic E-state index is 12.1. The Bertz CT molecular complexity index is 544. The summed E-state index contributed by atoms with van der Waals surface area (Å²) >= 11 is 0. The van der Waals surface area contributed by atoms with Crippen molar-refractivity contribution in [3.8, 4) is 0 Å². The highest BCUT2D eigenvalue weighted by Gasteiger charge is 2.15. The van der Waals surface area contributed by atoms with Gasteiger partial charge in [-0.15, -0.1) is 0 Å². The van der Waals surface area contributed by atoms with Gasteiger partial charge in [-0.05, 0) is 30.4 Å². The Morgan fingerprint density at radius 1 is 1.21 bits per heavy atom. The van der Waals surface area contributed by atoms with Gasteiger partial charge >= 0.3 is 0 Å². The van der Waals surface area contributed by atoms with E-state index in [1.54, 1.807) is 12.1 Å². The van der Waals surface area contributed by atoms with E-state index in [4.69, 9.17) is 0 Å². The van der Waals surface area contributed by atoms with E-state index in [9.17, 15) is 13.2 Å². The minimum Gasteiger partial charge on any atom is -0.294 e. The normalized spacial score (nSPS) is 13.5. The summed E-state index contributed by atoms with van der Waals surface area (Å²) in [5.74, 6) is 0.887. The van der Waals surface area contributed by atoms with Crippen molar-refractivity contribution in [2.75, 3.05) is 6.26 Å². The van der Waals surface area contributed by atoms with Crippen LogP contribution in [-0.2, 0) is 9.84 Å². The molecule has 0 aliphatic rings. The van der Waals surface area contributed by atoms with E-state index in [1.807, 2.05) is 0 Å². The molecule has 1 aromatic rings. The predicted octanol–water partition coefficient (Wildman–Crippen LogP) is 3.35. The lowest BCUT2D eigenvalue weighted by Crippen LogP contribution is -2.09. The molecular formula is C15H22O3S. The Labute approximate surface area is 116 Å². The van der Waals surface area contributed by atoms with E-state index in [-0.39, 0.29) is 10.7 Å². The molecule has 1 atom stereocenters. The number of hydrogen-bond donors (Lipinski definition) is 0. The summed E-state index contributed by atoms with van der Waals surface area (Å²) in [6, 6.07) is 6.29. The molecule has 0 aromatic heterocycles. The van der Waals surface area contributed by atoms with Gasteiger partial charge in [-0.25, -0.2) is 8.42 Å². The molecule has 0 fully saturated rings. The number of benzene rings is 1. The molecule has 19 heavy (non-hydrogen) atoms. The molecule has 0 heterocycles. The van der Waals surface area contributed by atoms with Gasteiger partial charge in [0.1, 0.15) is 0 Å². The molecule has 0 aliphatic carbocycles. The molecule has 0 radical (unpaired) electrons. The molecule has 0 N–H and O–H groups in total. The van der Waals surface area contributed by atoms with Crippen LogP contribution in [0.2, 0.25) is 0 Å². The molecule has 0 bridgehead atoms. The molecule has 0 saturated heterocycles. The lowest BCUT2D eigenvalue weighted by atomic mass is 9.92. The van der Waals surface area contributed by atoms with Crippen molar-refractivity contribution >= 4 is 15.6 Å². The van der Waals surface area contributed by atoms with Crippen LogP contribution >= 0.6 is 0 Å². The van der Waals surface area contributed by atoms with Gasteiger partial charge in [0.2, 0.25) is 0 Å². The monoisotopic (exact) mass is 282 g/mol. The fourth-order valence-electron chi connectivity index (χ4n) is 2.22. The number of rotatable bonds is 6. The first-order valence-corrected chi connectivity index (χ1v) is 8.42. The van der Waals surface area contributed by atoms with Crippen LogP contribution in [0.25, 0.3) is 0 Å². The first-order chi connectivity index (χ1) is 8.70. The zero-order chi connectivity index (χ0) is 14.6. The summed E-state index contributed by atoms with van der Waals surface area (Å²) in [4.78, 5) is 12.3. The molecule has 0 spiro atoms. The van der Waals surface area contributed by atoms with Crippen LogP contribution in [0.3, 0.4) is 0 Å². The molecule has 0 aliphatic heterocycles. The predicted molar refractivity (Wildman–Crippen MR) is 77.1 cm³/mol. The molecule has 1 rings (SSSR count). The van der Waals surface area contributed by atoms with Gasteiger partial charge in [-0.1, -0.05) is 32.9 Å². The highest BCUT2D eigenvalue weighted by molar-refractivity contribution is 7.90. The summed E-state index contributed by atoms with van der Waals surface area (Å²) in [6.45, 7) is 6.31. The fraction of sp³-hybridized carbons (Fsp3) is 0.533. The van der Waals surface area contributed by atoms with Gasteiger partial charge in [0.15, 0.2) is 15.6 Å². The van der Waals surface area contributed by atoms with Crippen LogP contribution in [0.4, 0.5) is 0 Å². The zero-order valence-electron chi connectivity index (χ0n) is 12.0. The number of Topliss-reactive ketones (excluding diaryl/α,β-unsaturated/α-hetero) is 1. The third kappa shape index (κ3) is 5.15. The van der Waals surface area contributed by atoms with Crippen molar-refractivity contribution in [2.24, 2.45) is 11.8 Å². The van der Waals surface area contributed by atoms with Crippen molar-refractivity contribution < 1.29 is 13.2 Å². The summed E-state index contributed by atoms with van der Waals surface area (Å²) in [6.07, 6.45) is 2.61. The summed E-state index contributed by atoms with van der Waals surface area (Å²) in [5.41, 5.74) is 0.485. The number of carbonyl (C=O) groups is 1. The second kappa shape index (κ2) is 6.33. The fourth-order valence-corrected chi connectivity index (χ4v) is 2.89. The SMILES string of the molecule is CC(C)CC(C)CC(=O)c1cccc(S(C)(=O)=O)c1. The van der Waals surface area contributed by atoms with Crippen LogP contribution in [0, 0.1) is 11.8 Å². The van der Waals surface area contributed by atoms with Crippen molar-refractivity contribution in [3.63, 3.8) is 0 Å². The Morgan fingerprint density at radius 2 is 1.84 bits per heavy atom. The summed E-state index contributed by atoms with van der Waals surface area (Å²) < 4.78 is 22.9. The van der Waals surface area contributed by atoms with Gasteiger partial charge < -0.3 is 0 Å². The molecule has 106 valence electrons. The third-order valence-electron chi connectivity index (χ3n) is 2.99. The average Bonchev–Trinajstić information content (AvgIpc) is 2.26. The maximum atomic E-state index is 12.1. The standard InChI is InChI=1S/C15H22O3S/c1-11(2)8-12(3)9-15(16)13-6-5-7-14(10-13)19(4,17)18/h5-7,10-12H,8-9H2,1-4H3. The topological polar surface area (TPSA) is 51.2 Å². The smallest absolute Gasteiger partial charge is 0.175 e. The molecule has 1 unspecified atom stereocenters. The van der Waals surface area contributed by atoms with E-state index in [1.165, 1.54) is 12.1 Å². The molecule has 1 aromatic carbocycles. The summed E-state index contributed by atoms with van der Waals surface area (Å²) in [7, 11) is -3.26. The molecular weight excluding hydrogens is 260 g/mol. The maximum Gasteiger partial charge on any atom is 0.175 e. The third-order valence-corrected chi connectivity index (χ3v) is 4.10. The Morgan fingerprint density at radius 3 is 2.37 bits per heavy atom. The number of sulfone groups is 1. The number of hydrogen-bond acceptors (Lipinski definition) is 3. The van der Waals surface area contributed by atoms with Crippen LogP contribution in [0.5, 0.6) is 0 Å². The van der Waals surface area contributed by atoms with Crippen LogP contribution < -0.4 is 0 Å². The second-order valence-electron chi connectivity index (χ2n) is 5.66. The van der Waals surface area contributed by atoms with Crippen molar-refractivity contribution in [1.82, 2.24) is 0 Å². The quantitative estimate of drug-likeness (QED) is 0.752. The number of ketones is 1. The van der Waals surface area contributed by atoms with Gasteiger partial charge in [0.25, 0.3) is 0 Å². The molecule has 0 saturated carbocycles. The van der Waals surface area contributed by atoms with Gasteiger partial charge in [-0.3, -0.25) is 4.79 Å². The largest absolute Gasteiger partial charge is 0.294 e. The minimum absolute atomic E-state index is 0.0126. The Kier molecular flexibility index (Phi) is 5.29. The second-order valence-corrected chi connectivity index (χ2v) is 7.68. The first-order valence-electron chi connectivity index (χ1n) is 6.53. The molecule has 4 heteroatoms. The van der Waals surface area contributed by atoms with Crippen molar-refractivity contribution in [2.45, 2.75) is 38.5 Å². The highest BCUT2D eigenvalue weighted by atomic mass is 32.2. The lowest BCUT2D eigenvalue weighted by molar-refractivity contribution is 0.0960. The zero-order valence-corrected chi connectivity index (χ0v) is 12.8. The van der Waals surface area contributed by atoms with E-state index in [2.05, 4.69) is 20.8 Å². The Hall–Kier alpha value is -1.16. The van der Waals surface area contributed by atoms with Crippen LogP contribution in [0.15, 0.2) is 29.2 Å². The van der Waals surface area contributed by atoms with E-state index < -0.39 is 9.84 Å². The first kappa shape index (κ1) is 15.9. The molecule has 0 amide bonds. The molecule has 3 nitrogen and oxygen atoms in total. The van der Waals surface area contributed by atoms with Gasteiger partial charge in [-0.2, -0.15) is 0 Å². The number of carbonyl (C=O) groups excluding carboxylic acids is 1. The van der Waals surface area contributed by atoms with Gasteiger partial charge in [0.05, 0.1) is 4.90 Å². The lowest BCUT2D eigenvalue weighted by Gasteiger charge is -2.13. The van der Waals surface area contributed by atoms with E-state index in [0.717, 1.165) is 12.7 Å². The Balaban J connectivity index is 2.84. The van der Waals surface area contributed by atoms with Crippen LogP contribution in [-0.4, -0.2) is 20.5 Å². The van der Waals surface area contributed by atoms with Crippen molar-refractivity contribution in [3.05, 3.63) is 29.8 Å². The van der Waals surface area contributed by atoms with E-state index >= 15 is 0 Å². The van der Waals surface area contributed by atoms with Crippen molar-refractivity contribution in [1.29, 1.82) is 0 Å². The minimum atomic E-state index is -3.26. The summed E-state index contributed by atoms with van der Waals surface area (Å²) in [5, 5.41) is 0. The average molecular weight is 282 g/mol.